The molecule has 7 aliphatic heterocycles. The van der Waals surface area contributed by atoms with Crippen LogP contribution in [0, 0.1) is 0 Å². The van der Waals surface area contributed by atoms with Crippen LogP contribution in [0.15, 0.2) is 455 Å². The molecule has 0 amide bonds. The van der Waals surface area contributed by atoms with Gasteiger partial charge in [-0.1, -0.05) is 315 Å². The standard InChI is InChI=1S/C18H12.2C14H10.C9H8O2.C9H6O2.C9H8O2.C9H6O2.2C9H10O.C8H8O2.C8H6O2.C7H6O2/c1-2-6-14-10-18-12-16-8-4-3-7-15(16)11-17(18)9-13(14)5-1;1-3-7-13-11(5-1)9-10-12-6-2-4-8-14(12)13;1-2-6-12-10-14-8-4-3-7-13(14)9-11(12)5-1;2*10-9-8-4-2-1-3-7(8)5-6-11-9;2*10-9-6-5-7-3-1-2-4-8(7)11-9;1-2-6-9-8(4-1)5-3-7-10-9;1-2-4-9-7-10-6-5-8(9)3-1;1-2-4-8-7(3-1)9-5-6-10-8;9-8-7-4-2-1-3-6(7)5-10-8;1-2-4-7-6(3-1)8-5-9-7/h1-12H;2*1-10H;1-4H,5-6H2;1-6H;1-4H,5-6H2;1-6H;1-2,4,6H,3,5,7H2;1-4H,5-7H2;1-4H,5-6H2;1-4H,5H2;1-4H,5H2. The largest absolute Gasteiger partial charge is 0.493 e. The van der Waals surface area contributed by atoms with Crippen LogP contribution < -0.4 is 39.7 Å². The summed E-state index contributed by atoms with van der Waals surface area (Å²) in [7, 11) is 0. The van der Waals surface area contributed by atoms with Crippen molar-refractivity contribution >= 4 is 115 Å². The van der Waals surface area contributed by atoms with Crippen molar-refractivity contribution in [3.8, 4) is 34.5 Å². The predicted octanol–water partition coefficient (Wildman–Crippen LogP) is 27.7. The third-order valence-electron chi connectivity index (χ3n) is 23.6. The minimum atomic E-state index is -0.302. The van der Waals surface area contributed by atoms with E-state index in [0.717, 1.165) is 113 Å². The van der Waals surface area contributed by atoms with Gasteiger partial charge in [0.1, 0.15) is 36.9 Å². The third kappa shape index (κ3) is 25.5. The molecule has 0 N–H and O–H groups in total. The zero-order valence-electron chi connectivity index (χ0n) is 76.5. The average Bonchev–Trinajstić information content (AvgIpc) is 1.58. The smallest absolute Gasteiger partial charge is 0.343 e. The van der Waals surface area contributed by atoms with Crippen molar-refractivity contribution in [3.05, 3.63) is 502 Å². The lowest BCUT2D eigenvalue weighted by molar-refractivity contribution is -0.135. The summed E-state index contributed by atoms with van der Waals surface area (Å²) in [4.78, 5) is 54.4. The van der Waals surface area contributed by atoms with Crippen LogP contribution in [0.3, 0.4) is 0 Å². The number of ether oxygens (including phenoxy) is 9. The first-order chi connectivity index (χ1) is 68.5. The number of hydrogen-bond acceptors (Lipinski definition) is 16. The third-order valence-corrected chi connectivity index (χ3v) is 23.6. The van der Waals surface area contributed by atoms with Crippen molar-refractivity contribution in [2.45, 2.75) is 51.7 Å². The van der Waals surface area contributed by atoms with Gasteiger partial charge in [0, 0.05) is 23.4 Å². The van der Waals surface area contributed by atoms with Gasteiger partial charge < -0.3 is 51.5 Å². The molecule has 0 fully saturated rings. The number of fused-ring (bicyclic) bond motifs is 17. The number of hydrogen-bond donors (Lipinski definition) is 0. The van der Waals surface area contributed by atoms with Crippen molar-refractivity contribution in [1.82, 2.24) is 0 Å². The van der Waals surface area contributed by atoms with Crippen LogP contribution in [-0.4, -0.2) is 57.7 Å². The van der Waals surface area contributed by atoms with Crippen molar-refractivity contribution < 1.29 is 65.8 Å². The van der Waals surface area contributed by atoms with Crippen LogP contribution in [0.1, 0.15) is 66.9 Å². The highest BCUT2D eigenvalue weighted by Crippen LogP contribution is 2.34. The van der Waals surface area contributed by atoms with E-state index in [-0.39, 0.29) is 29.2 Å². The monoisotopic (exact) mass is 1830 g/mol. The molecule has 0 saturated carbocycles. The number of rotatable bonds is 0. The molecule has 9 heterocycles. The molecule has 0 radical (unpaired) electrons. The van der Waals surface area contributed by atoms with Crippen molar-refractivity contribution in [3.63, 3.8) is 0 Å². The lowest BCUT2D eigenvalue weighted by Crippen LogP contribution is -2.16. The van der Waals surface area contributed by atoms with Crippen molar-refractivity contribution in [2.24, 2.45) is 0 Å². The Hall–Kier alpha value is -17.2. The van der Waals surface area contributed by atoms with E-state index in [1.807, 2.05) is 158 Å². The van der Waals surface area contributed by atoms with Gasteiger partial charge in [-0.2, -0.15) is 0 Å². The molecule has 16 nitrogen and oxygen atoms in total. The first kappa shape index (κ1) is 93.6. The van der Waals surface area contributed by atoms with Gasteiger partial charge in [0.15, 0.2) is 23.0 Å². The first-order valence-corrected chi connectivity index (χ1v) is 46.3. The molecular weight excluding hydrogens is 1730 g/mol. The highest BCUT2D eigenvalue weighted by Gasteiger charge is 2.21. The highest BCUT2D eigenvalue weighted by atomic mass is 16.7. The molecule has 16 heteroatoms. The second kappa shape index (κ2) is 47.6. The van der Waals surface area contributed by atoms with Gasteiger partial charge in [-0.05, 0) is 243 Å². The fourth-order valence-corrected chi connectivity index (χ4v) is 16.5. The maximum Gasteiger partial charge on any atom is 0.343 e. The number of carbonyl (C=O) groups excluding carboxylic acids is 3. The Labute approximate surface area is 804 Å². The molecule has 21 aromatic rings. The topological polar surface area (TPSA) is 195 Å². The van der Waals surface area contributed by atoms with Gasteiger partial charge in [-0.15, -0.1) is 0 Å². The summed E-state index contributed by atoms with van der Waals surface area (Å²) in [6, 6.07) is 143. The summed E-state index contributed by atoms with van der Waals surface area (Å²) >= 11 is 0. The molecule has 0 bridgehead atoms. The summed E-state index contributed by atoms with van der Waals surface area (Å²) in [5.74, 6) is 4.70. The zero-order chi connectivity index (χ0) is 95.0. The van der Waals surface area contributed by atoms with Crippen LogP contribution in [-0.2, 0) is 57.9 Å². The zero-order valence-corrected chi connectivity index (χ0v) is 76.5. The summed E-state index contributed by atoms with van der Waals surface area (Å²) in [6.45, 7) is 5.22. The average molecular weight is 1830 g/mol. The Morgan fingerprint density at radius 1 is 0.216 bits per heavy atom. The van der Waals surface area contributed by atoms with E-state index < -0.39 is 0 Å². The van der Waals surface area contributed by atoms with E-state index >= 15 is 0 Å². The molecular formula is C123H100O16. The van der Waals surface area contributed by atoms with E-state index in [9.17, 15) is 24.0 Å². The lowest BCUT2D eigenvalue weighted by atomic mass is 10.00. The Bertz CT molecular complexity index is 7390. The Balaban J connectivity index is 0.000000105. The summed E-state index contributed by atoms with van der Waals surface area (Å²) < 4.78 is 55.7. The minimum Gasteiger partial charge on any atom is -0.493 e. The van der Waals surface area contributed by atoms with Gasteiger partial charge in [0.25, 0.3) is 0 Å². The number of para-hydroxylation sites is 7. The van der Waals surface area contributed by atoms with Crippen molar-refractivity contribution in [2.75, 3.05) is 39.8 Å². The number of carbonyl (C=O) groups is 3. The SMILES string of the molecule is O=C1CCc2ccccc2O1.O=C1OCCc2ccccc21.O=C1OCc2ccccc21.O=c1ccc2ccccc2o1.O=c1occc2ccccc12.c1ccc2c(c1)CCCO2.c1ccc2c(c1)CCOC2.c1ccc2c(c1)OCCO2.c1ccc2c(c1)OCO2.c1ccc2c(c1)ccc1ccccc12.c1ccc2cc3cc4ccccc4cc3cc2c1.c1ccc2cc3ccccc3cc2c1. The van der Waals surface area contributed by atoms with E-state index in [1.165, 1.54) is 111 Å². The molecule has 7 aliphatic rings. The lowest BCUT2D eigenvalue weighted by Gasteiger charge is -2.17. The van der Waals surface area contributed by atoms with Gasteiger partial charge in [-0.25, -0.2) is 19.2 Å². The van der Waals surface area contributed by atoms with E-state index in [0.29, 0.717) is 56.2 Å². The van der Waals surface area contributed by atoms with Gasteiger partial charge in [0.2, 0.25) is 6.79 Å². The van der Waals surface area contributed by atoms with Crippen LogP contribution in [0.4, 0.5) is 0 Å². The molecule has 0 atom stereocenters. The first-order valence-electron chi connectivity index (χ1n) is 46.3. The molecule has 139 heavy (non-hydrogen) atoms. The Morgan fingerprint density at radius 2 is 0.590 bits per heavy atom. The number of cyclic esters (lactones) is 2. The van der Waals surface area contributed by atoms with Crippen LogP contribution >= 0.6 is 0 Å². The molecule has 0 saturated heterocycles. The Morgan fingerprint density at radius 3 is 1.09 bits per heavy atom. The Kier molecular flexibility index (Phi) is 32.1. The minimum absolute atomic E-state index is 0.122. The molecule has 28 rings (SSSR count). The second-order valence-electron chi connectivity index (χ2n) is 32.9. The van der Waals surface area contributed by atoms with Crippen LogP contribution in [0.2, 0.25) is 0 Å². The fourth-order valence-electron chi connectivity index (χ4n) is 16.5. The quantitative estimate of drug-likeness (QED) is 0.0457. The number of esters is 3. The normalized spacial score (nSPS) is 13.0. The van der Waals surface area contributed by atoms with Crippen LogP contribution in [0.25, 0.3) is 97.1 Å². The van der Waals surface area contributed by atoms with E-state index in [2.05, 4.69) is 235 Å². The summed E-state index contributed by atoms with van der Waals surface area (Å²) in [6.07, 6.45) is 7.00. The molecule has 0 aliphatic carbocycles. The molecule has 0 spiro atoms. The summed E-state index contributed by atoms with van der Waals surface area (Å²) in [5.41, 5.74) is 8.88. The molecule has 0 unspecified atom stereocenters. The van der Waals surface area contributed by atoms with Crippen molar-refractivity contribution in [1.29, 1.82) is 0 Å². The van der Waals surface area contributed by atoms with Gasteiger partial charge in [-0.3, -0.25) is 4.79 Å². The maximum atomic E-state index is 11.1. The molecule has 19 aromatic carbocycles. The number of benzene rings is 19. The second-order valence-corrected chi connectivity index (χ2v) is 32.9. The fraction of sp³-hybridized carbons (Fsp3) is 0.114. The van der Waals surface area contributed by atoms with E-state index in [1.54, 1.807) is 36.4 Å². The van der Waals surface area contributed by atoms with Gasteiger partial charge in [0.05, 0.1) is 55.6 Å². The maximum absolute atomic E-state index is 11.1. The molecule has 688 valence electrons. The highest BCUT2D eigenvalue weighted by molar-refractivity contribution is 6.08. The van der Waals surface area contributed by atoms with E-state index in [4.69, 9.17) is 47.0 Å². The number of aryl methyl sites for hydroxylation is 2. The van der Waals surface area contributed by atoms with Crippen LogP contribution in [0.5, 0.6) is 34.5 Å². The van der Waals surface area contributed by atoms with Gasteiger partial charge >= 0.3 is 29.2 Å². The predicted molar refractivity (Wildman–Crippen MR) is 553 cm³/mol. The molecule has 2 aromatic heterocycles. The summed E-state index contributed by atoms with van der Waals surface area (Å²) in [5, 5.41) is 20.9.